The van der Waals surface area contributed by atoms with Crippen LogP contribution in [0.25, 0.3) is 0 Å². The fourth-order valence-electron chi connectivity index (χ4n) is 2.35. The second-order valence-corrected chi connectivity index (χ2v) is 5.91. The van der Waals surface area contributed by atoms with Gasteiger partial charge in [0.2, 0.25) is 0 Å². The number of carbonyl (C=O) groups excluding carboxylic acids is 1. The highest BCUT2D eigenvalue weighted by Crippen LogP contribution is 2.19. The van der Waals surface area contributed by atoms with Crippen molar-refractivity contribution < 1.29 is 9.18 Å². The molecule has 0 saturated carbocycles. The van der Waals surface area contributed by atoms with E-state index in [0.29, 0.717) is 12.2 Å². The van der Waals surface area contributed by atoms with Gasteiger partial charge in [-0.05, 0) is 44.0 Å². The Balaban J connectivity index is 1.96. The number of aromatic nitrogens is 2. The van der Waals surface area contributed by atoms with Gasteiger partial charge >= 0.3 is 6.03 Å². The van der Waals surface area contributed by atoms with Gasteiger partial charge in [0.15, 0.2) is 0 Å². The van der Waals surface area contributed by atoms with Gasteiger partial charge in [-0.3, -0.25) is 4.68 Å². The van der Waals surface area contributed by atoms with Gasteiger partial charge in [-0.15, -0.1) is 0 Å². The Bertz CT molecular complexity index is 729. The fourth-order valence-corrected chi connectivity index (χ4v) is 2.53. The first kappa shape index (κ1) is 17.3. The summed E-state index contributed by atoms with van der Waals surface area (Å²) < 4.78 is 15.0. The number of hydrogen-bond acceptors (Lipinski definition) is 2. The molecular weight excluding hydrogens is 319 g/mol. The van der Waals surface area contributed by atoms with Crippen molar-refractivity contribution in [3.05, 3.63) is 46.0 Å². The first-order valence-electron chi connectivity index (χ1n) is 7.26. The molecule has 0 aliphatic rings. The lowest BCUT2D eigenvalue weighted by Gasteiger charge is -2.18. The number of nitrogens with zero attached hydrogens (tertiary/aromatic N) is 3. The number of benzene rings is 1. The highest BCUT2D eigenvalue weighted by Gasteiger charge is 2.13. The van der Waals surface area contributed by atoms with Crippen molar-refractivity contribution in [2.45, 2.75) is 20.3 Å². The molecule has 0 aliphatic heterocycles. The van der Waals surface area contributed by atoms with E-state index in [-0.39, 0.29) is 11.1 Å². The number of anilines is 1. The molecule has 1 N–H and O–H groups in total. The number of rotatable bonds is 4. The minimum Gasteiger partial charge on any atom is -0.327 e. The van der Waals surface area contributed by atoms with Crippen molar-refractivity contribution in [1.82, 2.24) is 14.7 Å². The Kier molecular flexibility index (Phi) is 5.26. The Morgan fingerprint density at radius 3 is 2.70 bits per heavy atom. The van der Waals surface area contributed by atoms with Gasteiger partial charge in [0.25, 0.3) is 0 Å². The summed E-state index contributed by atoms with van der Waals surface area (Å²) in [6.07, 6.45) is 0.722. The molecule has 23 heavy (non-hydrogen) atoms. The monoisotopic (exact) mass is 338 g/mol. The van der Waals surface area contributed by atoms with E-state index in [0.717, 1.165) is 23.4 Å². The molecule has 5 nitrogen and oxygen atoms in total. The van der Waals surface area contributed by atoms with Gasteiger partial charge in [-0.25, -0.2) is 9.18 Å². The predicted octanol–water partition coefficient (Wildman–Crippen LogP) is 3.54. The summed E-state index contributed by atoms with van der Waals surface area (Å²) in [5.41, 5.74) is 3.68. The Morgan fingerprint density at radius 2 is 2.13 bits per heavy atom. The highest BCUT2D eigenvalue weighted by molar-refractivity contribution is 6.31. The van der Waals surface area contributed by atoms with Crippen LogP contribution in [-0.2, 0) is 13.5 Å². The minimum absolute atomic E-state index is 0.0212. The first-order chi connectivity index (χ1) is 10.8. The van der Waals surface area contributed by atoms with E-state index in [4.69, 9.17) is 11.6 Å². The van der Waals surface area contributed by atoms with E-state index >= 15 is 0 Å². The number of amides is 2. The van der Waals surface area contributed by atoms with Crippen molar-refractivity contribution in [1.29, 1.82) is 0 Å². The normalized spacial score (nSPS) is 10.7. The van der Waals surface area contributed by atoms with Crippen LogP contribution in [0.3, 0.4) is 0 Å². The summed E-state index contributed by atoms with van der Waals surface area (Å²) in [6, 6.07) is 3.81. The smallest absolute Gasteiger partial charge is 0.321 e. The number of carbonyl (C=O) groups is 1. The molecule has 1 heterocycles. The Morgan fingerprint density at radius 1 is 1.43 bits per heavy atom. The quantitative estimate of drug-likeness (QED) is 0.927. The topological polar surface area (TPSA) is 50.2 Å². The molecule has 124 valence electrons. The molecule has 2 rings (SSSR count). The van der Waals surface area contributed by atoms with E-state index in [1.165, 1.54) is 18.2 Å². The van der Waals surface area contributed by atoms with Gasteiger partial charge in [0, 0.05) is 32.0 Å². The molecular formula is C16H20ClFN4O. The van der Waals surface area contributed by atoms with Crippen LogP contribution in [0.2, 0.25) is 5.02 Å². The number of likely N-dealkylation sites (N-methyl/N-ethyl adjacent to an activating group) is 1. The molecule has 0 unspecified atom stereocenters. The molecule has 0 radical (unpaired) electrons. The van der Waals surface area contributed by atoms with Crippen LogP contribution in [0, 0.1) is 19.7 Å². The van der Waals surface area contributed by atoms with Crippen molar-refractivity contribution >= 4 is 23.3 Å². The molecule has 0 fully saturated rings. The van der Waals surface area contributed by atoms with Gasteiger partial charge in [0.05, 0.1) is 10.7 Å². The predicted molar refractivity (Wildman–Crippen MR) is 89.4 cm³/mol. The molecule has 1 aromatic carbocycles. The third kappa shape index (κ3) is 4.01. The van der Waals surface area contributed by atoms with Crippen molar-refractivity contribution in [3.63, 3.8) is 0 Å². The molecule has 0 aliphatic carbocycles. The number of halogens is 2. The SMILES string of the molecule is Cc1nn(C)c(C)c1CCN(C)C(=O)Nc1ccc(F)c(Cl)c1. The zero-order chi connectivity index (χ0) is 17.1. The zero-order valence-corrected chi connectivity index (χ0v) is 14.4. The summed E-state index contributed by atoms with van der Waals surface area (Å²) in [4.78, 5) is 13.7. The van der Waals surface area contributed by atoms with Crippen LogP contribution in [0.1, 0.15) is 17.0 Å². The molecule has 2 aromatic rings. The van der Waals surface area contributed by atoms with E-state index in [1.807, 2.05) is 25.6 Å². The number of aryl methyl sites for hydroxylation is 2. The van der Waals surface area contributed by atoms with Gasteiger partial charge in [-0.2, -0.15) is 5.10 Å². The first-order valence-corrected chi connectivity index (χ1v) is 7.63. The molecule has 7 heteroatoms. The maximum atomic E-state index is 13.1. The minimum atomic E-state index is -0.513. The summed E-state index contributed by atoms with van der Waals surface area (Å²) in [5, 5.41) is 7.04. The average Bonchev–Trinajstić information content (AvgIpc) is 2.73. The highest BCUT2D eigenvalue weighted by atomic mass is 35.5. The van der Waals surface area contributed by atoms with Crippen molar-refractivity contribution in [2.75, 3.05) is 18.9 Å². The zero-order valence-electron chi connectivity index (χ0n) is 13.7. The molecule has 0 saturated heterocycles. The van der Waals surface area contributed by atoms with Crippen LogP contribution in [0.4, 0.5) is 14.9 Å². The summed E-state index contributed by atoms with van der Waals surface area (Å²) in [7, 11) is 3.61. The van der Waals surface area contributed by atoms with E-state index < -0.39 is 5.82 Å². The largest absolute Gasteiger partial charge is 0.327 e. The lowest BCUT2D eigenvalue weighted by molar-refractivity contribution is 0.223. The third-order valence-electron chi connectivity index (χ3n) is 3.87. The number of hydrogen-bond donors (Lipinski definition) is 1. The van der Waals surface area contributed by atoms with Crippen LogP contribution in [0.5, 0.6) is 0 Å². The second-order valence-electron chi connectivity index (χ2n) is 5.50. The van der Waals surface area contributed by atoms with Crippen molar-refractivity contribution in [2.24, 2.45) is 7.05 Å². The van der Waals surface area contributed by atoms with Crippen LogP contribution in [-0.4, -0.2) is 34.3 Å². The van der Waals surface area contributed by atoms with E-state index in [9.17, 15) is 9.18 Å². The average molecular weight is 339 g/mol. The fraction of sp³-hybridized carbons (Fsp3) is 0.375. The number of urea groups is 1. The summed E-state index contributed by atoms with van der Waals surface area (Å²) >= 11 is 5.71. The van der Waals surface area contributed by atoms with Gasteiger partial charge < -0.3 is 10.2 Å². The summed E-state index contributed by atoms with van der Waals surface area (Å²) in [6.45, 7) is 4.52. The standard InChI is InChI=1S/C16H20ClFN4O/c1-10-13(11(2)22(4)20-10)7-8-21(3)16(23)19-12-5-6-15(18)14(17)9-12/h5-6,9H,7-8H2,1-4H3,(H,19,23). The number of nitrogens with one attached hydrogen (secondary N) is 1. The maximum absolute atomic E-state index is 13.1. The van der Waals surface area contributed by atoms with Crippen LogP contribution >= 0.6 is 11.6 Å². The Labute approximate surface area is 140 Å². The Hall–Kier alpha value is -2.08. The van der Waals surface area contributed by atoms with E-state index in [1.54, 1.807) is 11.9 Å². The van der Waals surface area contributed by atoms with Crippen LogP contribution in [0.15, 0.2) is 18.2 Å². The molecule has 0 atom stereocenters. The van der Waals surface area contributed by atoms with Crippen molar-refractivity contribution in [3.8, 4) is 0 Å². The second kappa shape index (κ2) is 7.00. The maximum Gasteiger partial charge on any atom is 0.321 e. The van der Waals surface area contributed by atoms with Gasteiger partial charge in [-0.1, -0.05) is 11.6 Å². The third-order valence-corrected chi connectivity index (χ3v) is 4.16. The lowest BCUT2D eigenvalue weighted by atomic mass is 10.1. The van der Waals surface area contributed by atoms with Crippen LogP contribution < -0.4 is 5.32 Å². The van der Waals surface area contributed by atoms with E-state index in [2.05, 4.69) is 10.4 Å². The lowest BCUT2D eigenvalue weighted by Crippen LogP contribution is -2.33. The molecule has 0 bridgehead atoms. The van der Waals surface area contributed by atoms with Gasteiger partial charge in [0.1, 0.15) is 5.82 Å². The molecule has 0 spiro atoms. The molecule has 2 amide bonds. The summed E-state index contributed by atoms with van der Waals surface area (Å²) in [5.74, 6) is -0.513. The molecule has 1 aromatic heterocycles.